The van der Waals surface area contributed by atoms with Gasteiger partial charge in [0, 0.05) is 32.4 Å². The number of urea groups is 1. The van der Waals surface area contributed by atoms with E-state index in [0.717, 1.165) is 10.9 Å². The SMILES string of the molecule is O=C(NCCNC(=O)N1CCOCC1)c1cn(C2C=CC=CC2)nc1C(F)(F)F. The van der Waals surface area contributed by atoms with Gasteiger partial charge in [-0.15, -0.1) is 0 Å². The van der Waals surface area contributed by atoms with Gasteiger partial charge in [-0.1, -0.05) is 24.3 Å². The minimum atomic E-state index is -4.75. The van der Waals surface area contributed by atoms with Crippen LogP contribution < -0.4 is 10.6 Å². The number of alkyl halides is 3. The number of nitrogens with one attached hydrogen (secondary N) is 2. The Bertz CT molecular complexity index is 797. The van der Waals surface area contributed by atoms with E-state index in [2.05, 4.69) is 15.7 Å². The van der Waals surface area contributed by atoms with Crippen LogP contribution in [0.25, 0.3) is 0 Å². The molecule has 2 heterocycles. The lowest BCUT2D eigenvalue weighted by Gasteiger charge is -2.26. The zero-order valence-electron chi connectivity index (χ0n) is 15.6. The fourth-order valence-corrected chi connectivity index (χ4v) is 3.02. The standard InChI is InChI=1S/C18H22F3N5O3/c19-18(20,21)15-14(12-26(24-15)13-4-2-1-3-5-13)16(27)22-6-7-23-17(28)25-8-10-29-11-9-25/h1-4,12-13H,5-11H2,(H,22,27)(H,23,28). The predicted octanol–water partition coefficient (Wildman–Crippen LogP) is 1.73. The third-order valence-electron chi connectivity index (χ3n) is 4.53. The molecule has 0 bridgehead atoms. The van der Waals surface area contributed by atoms with E-state index in [0.29, 0.717) is 32.7 Å². The molecule has 0 spiro atoms. The van der Waals surface area contributed by atoms with E-state index in [1.807, 2.05) is 6.08 Å². The highest BCUT2D eigenvalue weighted by molar-refractivity contribution is 5.95. The number of amides is 3. The summed E-state index contributed by atoms with van der Waals surface area (Å²) in [7, 11) is 0. The summed E-state index contributed by atoms with van der Waals surface area (Å²) in [6.45, 7) is 1.94. The minimum Gasteiger partial charge on any atom is -0.378 e. The molecule has 3 rings (SSSR count). The molecule has 11 heteroatoms. The summed E-state index contributed by atoms with van der Waals surface area (Å²) in [5, 5.41) is 8.62. The Balaban J connectivity index is 1.57. The molecule has 1 aromatic heterocycles. The Hall–Kier alpha value is -2.82. The first-order valence-corrected chi connectivity index (χ1v) is 9.24. The van der Waals surface area contributed by atoms with Crippen LogP contribution in [0.5, 0.6) is 0 Å². The molecule has 2 N–H and O–H groups in total. The monoisotopic (exact) mass is 413 g/mol. The summed E-state index contributed by atoms with van der Waals surface area (Å²) >= 11 is 0. The van der Waals surface area contributed by atoms with E-state index in [9.17, 15) is 22.8 Å². The summed E-state index contributed by atoms with van der Waals surface area (Å²) in [6.07, 6.45) is 3.90. The Labute approximate surface area is 165 Å². The molecular weight excluding hydrogens is 391 g/mol. The first-order chi connectivity index (χ1) is 13.9. The minimum absolute atomic E-state index is 0.0105. The van der Waals surface area contributed by atoms with Crippen molar-refractivity contribution in [1.82, 2.24) is 25.3 Å². The van der Waals surface area contributed by atoms with E-state index in [1.165, 1.54) is 0 Å². The predicted molar refractivity (Wildman–Crippen MR) is 97.3 cm³/mol. The van der Waals surface area contributed by atoms with E-state index in [4.69, 9.17) is 4.74 Å². The average Bonchev–Trinajstić information content (AvgIpc) is 3.18. The van der Waals surface area contributed by atoms with Gasteiger partial charge in [0.15, 0.2) is 5.69 Å². The van der Waals surface area contributed by atoms with Crippen LogP contribution in [-0.4, -0.2) is 66.0 Å². The Morgan fingerprint density at radius 3 is 2.55 bits per heavy atom. The molecule has 0 aromatic carbocycles. The van der Waals surface area contributed by atoms with Crippen LogP contribution in [0.3, 0.4) is 0 Å². The van der Waals surface area contributed by atoms with Crippen LogP contribution in [0.15, 0.2) is 30.5 Å². The average molecular weight is 413 g/mol. The number of rotatable bonds is 5. The summed E-state index contributed by atoms with van der Waals surface area (Å²) in [5.74, 6) is -0.889. The lowest BCUT2D eigenvalue weighted by molar-refractivity contribution is -0.141. The molecule has 8 nitrogen and oxygen atoms in total. The number of ether oxygens (including phenoxy) is 1. The van der Waals surface area contributed by atoms with Crippen LogP contribution in [0.4, 0.5) is 18.0 Å². The highest BCUT2D eigenvalue weighted by atomic mass is 19.4. The van der Waals surface area contributed by atoms with E-state index >= 15 is 0 Å². The van der Waals surface area contributed by atoms with Crippen molar-refractivity contribution in [3.8, 4) is 0 Å². The van der Waals surface area contributed by atoms with E-state index in [-0.39, 0.29) is 25.2 Å². The summed E-state index contributed by atoms with van der Waals surface area (Å²) < 4.78 is 46.3. The summed E-state index contributed by atoms with van der Waals surface area (Å²) in [5.41, 5.74) is -1.77. The Kier molecular flexibility index (Phi) is 6.57. The first-order valence-electron chi connectivity index (χ1n) is 9.24. The lowest BCUT2D eigenvalue weighted by Crippen LogP contribution is -2.47. The topological polar surface area (TPSA) is 88.5 Å². The quantitative estimate of drug-likeness (QED) is 0.720. The van der Waals surface area contributed by atoms with Gasteiger partial charge < -0.3 is 20.3 Å². The van der Waals surface area contributed by atoms with Crippen molar-refractivity contribution in [2.24, 2.45) is 0 Å². The zero-order chi connectivity index (χ0) is 20.9. The van der Waals surface area contributed by atoms with E-state index < -0.39 is 23.3 Å². The van der Waals surface area contributed by atoms with E-state index in [1.54, 1.807) is 23.1 Å². The largest absolute Gasteiger partial charge is 0.435 e. The van der Waals surface area contributed by atoms with Gasteiger partial charge in [-0.3, -0.25) is 9.48 Å². The van der Waals surface area contributed by atoms with Crippen LogP contribution in [-0.2, 0) is 10.9 Å². The second-order valence-corrected chi connectivity index (χ2v) is 6.57. The third-order valence-corrected chi connectivity index (χ3v) is 4.53. The van der Waals surface area contributed by atoms with Gasteiger partial charge in [-0.25, -0.2) is 4.79 Å². The number of carbonyl (C=O) groups is 2. The van der Waals surface area contributed by atoms with Gasteiger partial charge in [-0.05, 0) is 6.42 Å². The van der Waals surface area contributed by atoms with Crippen LogP contribution in [0.1, 0.15) is 28.5 Å². The molecule has 1 aromatic rings. The molecule has 1 aliphatic heterocycles. The number of hydrogen-bond donors (Lipinski definition) is 2. The maximum absolute atomic E-state index is 13.3. The molecule has 1 aliphatic carbocycles. The second-order valence-electron chi connectivity index (χ2n) is 6.57. The number of allylic oxidation sites excluding steroid dienone is 4. The fourth-order valence-electron chi connectivity index (χ4n) is 3.02. The van der Waals surface area contributed by atoms with Crippen molar-refractivity contribution in [3.63, 3.8) is 0 Å². The van der Waals surface area contributed by atoms with Crippen molar-refractivity contribution < 1.29 is 27.5 Å². The molecule has 158 valence electrons. The van der Waals surface area contributed by atoms with Gasteiger partial charge in [0.25, 0.3) is 5.91 Å². The molecule has 0 saturated carbocycles. The molecule has 29 heavy (non-hydrogen) atoms. The number of hydrogen-bond acceptors (Lipinski definition) is 4. The number of carbonyl (C=O) groups excluding carboxylic acids is 2. The van der Waals surface area contributed by atoms with Gasteiger partial charge in [0.05, 0.1) is 24.8 Å². The lowest BCUT2D eigenvalue weighted by atomic mass is 10.1. The molecule has 0 radical (unpaired) electrons. The van der Waals surface area contributed by atoms with Gasteiger partial charge in [0.1, 0.15) is 0 Å². The van der Waals surface area contributed by atoms with Crippen molar-refractivity contribution >= 4 is 11.9 Å². The van der Waals surface area contributed by atoms with Gasteiger partial charge >= 0.3 is 12.2 Å². The second kappa shape index (κ2) is 9.12. The highest BCUT2D eigenvalue weighted by Crippen LogP contribution is 2.32. The number of aromatic nitrogens is 2. The molecule has 1 atom stereocenters. The third kappa shape index (κ3) is 5.37. The zero-order valence-corrected chi connectivity index (χ0v) is 15.6. The molecule has 1 fully saturated rings. The van der Waals surface area contributed by atoms with Gasteiger partial charge in [-0.2, -0.15) is 18.3 Å². The molecule has 2 aliphatic rings. The van der Waals surface area contributed by atoms with Crippen LogP contribution in [0.2, 0.25) is 0 Å². The molecule has 1 unspecified atom stereocenters. The molecule has 1 saturated heterocycles. The van der Waals surface area contributed by atoms with Crippen LogP contribution >= 0.6 is 0 Å². The number of nitrogens with zero attached hydrogens (tertiary/aromatic N) is 3. The first kappa shape index (κ1) is 20.9. The Morgan fingerprint density at radius 2 is 1.90 bits per heavy atom. The molecular formula is C18H22F3N5O3. The normalized spacial score (nSPS) is 19.3. The van der Waals surface area contributed by atoms with Crippen molar-refractivity contribution in [2.45, 2.75) is 18.6 Å². The summed E-state index contributed by atoms with van der Waals surface area (Å²) in [4.78, 5) is 25.8. The summed E-state index contributed by atoms with van der Waals surface area (Å²) in [6, 6.07) is -0.682. The number of halogens is 3. The van der Waals surface area contributed by atoms with Crippen molar-refractivity contribution in [2.75, 3.05) is 39.4 Å². The highest BCUT2D eigenvalue weighted by Gasteiger charge is 2.39. The number of morpholine rings is 1. The smallest absolute Gasteiger partial charge is 0.378 e. The fraction of sp³-hybridized carbons (Fsp3) is 0.500. The van der Waals surface area contributed by atoms with Gasteiger partial charge in [0.2, 0.25) is 0 Å². The Morgan fingerprint density at radius 1 is 1.17 bits per heavy atom. The maximum Gasteiger partial charge on any atom is 0.435 e. The molecule has 3 amide bonds. The van der Waals surface area contributed by atoms with Crippen molar-refractivity contribution in [3.05, 3.63) is 41.8 Å². The van der Waals surface area contributed by atoms with Crippen LogP contribution in [0, 0.1) is 0 Å². The van der Waals surface area contributed by atoms with Crippen molar-refractivity contribution in [1.29, 1.82) is 0 Å². The maximum atomic E-state index is 13.3.